The normalized spacial score (nSPS) is 12.7. The minimum absolute atomic E-state index is 0.00505. The third-order valence-electron chi connectivity index (χ3n) is 4.40. The summed E-state index contributed by atoms with van der Waals surface area (Å²) in [5.74, 6) is 0.00814. The molecule has 5 nitrogen and oxygen atoms in total. The first-order chi connectivity index (χ1) is 12.1. The smallest absolute Gasteiger partial charge is 0.262 e. The molecule has 2 rings (SSSR count). The van der Waals surface area contributed by atoms with Gasteiger partial charge in [-0.25, -0.2) is 8.42 Å². The number of hydrogen-bond donors (Lipinski definition) is 2. The van der Waals surface area contributed by atoms with Crippen LogP contribution in [0.3, 0.4) is 0 Å². The average molecular weight is 375 g/mol. The van der Waals surface area contributed by atoms with Crippen LogP contribution in [0.1, 0.15) is 42.3 Å². The third-order valence-corrected chi connectivity index (χ3v) is 5.93. The molecule has 1 unspecified atom stereocenters. The highest BCUT2D eigenvalue weighted by atomic mass is 32.2. The van der Waals surface area contributed by atoms with Crippen molar-refractivity contribution < 1.29 is 13.2 Å². The summed E-state index contributed by atoms with van der Waals surface area (Å²) in [5.41, 5.74) is 2.44. The van der Waals surface area contributed by atoms with E-state index in [1.807, 2.05) is 39.8 Å². The van der Waals surface area contributed by atoms with Crippen molar-refractivity contribution in [1.82, 2.24) is 5.32 Å². The highest BCUT2D eigenvalue weighted by Crippen LogP contribution is 2.21. The fourth-order valence-electron chi connectivity index (χ4n) is 2.32. The van der Waals surface area contributed by atoms with Crippen LogP contribution in [0, 0.1) is 19.8 Å². The monoisotopic (exact) mass is 374 g/mol. The van der Waals surface area contributed by atoms with E-state index < -0.39 is 10.0 Å². The lowest BCUT2D eigenvalue weighted by Crippen LogP contribution is -2.36. The molecule has 2 aromatic rings. The van der Waals surface area contributed by atoms with Gasteiger partial charge in [-0.05, 0) is 56.5 Å². The van der Waals surface area contributed by atoms with E-state index in [2.05, 4.69) is 10.0 Å². The average Bonchev–Trinajstić information content (AvgIpc) is 2.56. The molecule has 1 amide bonds. The van der Waals surface area contributed by atoms with Crippen molar-refractivity contribution in [3.63, 3.8) is 0 Å². The number of hydrogen-bond acceptors (Lipinski definition) is 3. The van der Waals surface area contributed by atoms with Crippen LogP contribution in [-0.4, -0.2) is 20.4 Å². The Bertz CT molecular complexity index is 888. The van der Waals surface area contributed by atoms with Gasteiger partial charge in [-0.3, -0.25) is 9.52 Å². The minimum atomic E-state index is -3.79. The Hall–Kier alpha value is -2.34. The molecule has 6 heteroatoms. The molecule has 0 fully saturated rings. The molecule has 2 aromatic carbocycles. The molecule has 140 valence electrons. The predicted molar refractivity (Wildman–Crippen MR) is 105 cm³/mol. The molecule has 2 N–H and O–H groups in total. The Kier molecular flexibility index (Phi) is 6.08. The van der Waals surface area contributed by atoms with Gasteiger partial charge in [0.15, 0.2) is 0 Å². The first-order valence-electron chi connectivity index (χ1n) is 8.61. The van der Waals surface area contributed by atoms with Gasteiger partial charge in [-0.1, -0.05) is 37.6 Å². The summed E-state index contributed by atoms with van der Waals surface area (Å²) >= 11 is 0. The number of carbonyl (C=O) groups excluding carboxylic acids is 1. The van der Waals surface area contributed by atoms with Gasteiger partial charge < -0.3 is 5.32 Å². The molecule has 1 atom stereocenters. The predicted octanol–water partition coefficient (Wildman–Crippen LogP) is 3.88. The molecule has 0 radical (unpaired) electrons. The maximum absolute atomic E-state index is 12.8. The van der Waals surface area contributed by atoms with Crippen LogP contribution in [0.2, 0.25) is 0 Å². The largest absolute Gasteiger partial charge is 0.349 e. The lowest BCUT2D eigenvalue weighted by Gasteiger charge is -2.18. The zero-order valence-corrected chi connectivity index (χ0v) is 16.6. The Morgan fingerprint density at radius 3 is 2.15 bits per heavy atom. The van der Waals surface area contributed by atoms with E-state index in [0.29, 0.717) is 16.8 Å². The number of benzene rings is 2. The zero-order valence-electron chi connectivity index (χ0n) is 15.8. The Labute approximate surface area is 155 Å². The van der Waals surface area contributed by atoms with E-state index in [0.717, 1.165) is 5.56 Å². The fraction of sp³-hybridized carbons (Fsp3) is 0.350. The van der Waals surface area contributed by atoms with Crippen molar-refractivity contribution >= 4 is 21.6 Å². The molecular weight excluding hydrogens is 348 g/mol. The molecule has 0 heterocycles. The second-order valence-corrected chi connectivity index (χ2v) is 8.61. The number of amides is 1. The first-order valence-corrected chi connectivity index (χ1v) is 10.1. The number of carbonyl (C=O) groups is 1. The van der Waals surface area contributed by atoms with Crippen molar-refractivity contribution in [2.24, 2.45) is 5.92 Å². The van der Waals surface area contributed by atoms with Crippen LogP contribution < -0.4 is 10.0 Å². The Morgan fingerprint density at radius 2 is 1.58 bits per heavy atom. The number of rotatable bonds is 6. The second-order valence-electron chi connectivity index (χ2n) is 6.96. The van der Waals surface area contributed by atoms with Gasteiger partial charge in [0.2, 0.25) is 0 Å². The maximum Gasteiger partial charge on any atom is 0.262 e. The van der Waals surface area contributed by atoms with Gasteiger partial charge in [0.1, 0.15) is 0 Å². The van der Waals surface area contributed by atoms with Crippen LogP contribution in [-0.2, 0) is 10.0 Å². The van der Waals surface area contributed by atoms with Crippen molar-refractivity contribution in [3.05, 3.63) is 59.2 Å². The quantitative estimate of drug-likeness (QED) is 0.806. The zero-order chi connectivity index (χ0) is 19.5. The van der Waals surface area contributed by atoms with Gasteiger partial charge in [-0.2, -0.15) is 0 Å². The number of nitrogens with one attached hydrogen (secondary N) is 2. The SMILES string of the molecule is Cc1ccc(NS(=O)(=O)c2cc(C(=O)NC(C)C(C)C)ccc2C)cc1. The van der Waals surface area contributed by atoms with E-state index in [9.17, 15) is 13.2 Å². The minimum Gasteiger partial charge on any atom is -0.349 e. The molecule has 0 aliphatic carbocycles. The van der Waals surface area contributed by atoms with Gasteiger partial charge in [0, 0.05) is 17.3 Å². The highest BCUT2D eigenvalue weighted by Gasteiger charge is 2.20. The lowest BCUT2D eigenvalue weighted by molar-refractivity contribution is 0.0930. The van der Waals surface area contributed by atoms with Crippen molar-refractivity contribution in [3.8, 4) is 0 Å². The molecule has 0 saturated heterocycles. The second kappa shape index (κ2) is 7.91. The van der Waals surface area contributed by atoms with E-state index in [4.69, 9.17) is 0 Å². The molecule has 0 aliphatic heterocycles. The van der Waals surface area contributed by atoms with Crippen molar-refractivity contribution in [2.45, 2.75) is 45.6 Å². The van der Waals surface area contributed by atoms with E-state index >= 15 is 0 Å². The summed E-state index contributed by atoms with van der Waals surface area (Å²) in [7, 11) is -3.79. The molecule has 0 saturated carbocycles. The highest BCUT2D eigenvalue weighted by molar-refractivity contribution is 7.92. The van der Waals surface area contributed by atoms with Crippen LogP contribution in [0.25, 0.3) is 0 Å². The van der Waals surface area contributed by atoms with Gasteiger partial charge in [-0.15, -0.1) is 0 Å². The molecule has 0 bridgehead atoms. The number of anilines is 1. The van der Waals surface area contributed by atoms with Crippen LogP contribution >= 0.6 is 0 Å². The molecule has 0 aliphatic rings. The Morgan fingerprint density at radius 1 is 0.962 bits per heavy atom. The van der Waals surface area contributed by atoms with Crippen molar-refractivity contribution in [1.29, 1.82) is 0 Å². The van der Waals surface area contributed by atoms with Crippen LogP contribution in [0.5, 0.6) is 0 Å². The maximum atomic E-state index is 12.8. The number of aryl methyl sites for hydroxylation is 2. The standard InChI is InChI=1S/C20H26N2O3S/c1-13(2)16(5)21-20(23)17-9-8-15(4)19(12-17)26(24,25)22-18-10-6-14(3)7-11-18/h6-13,16,22H,1-5H3,(H,21,23). The third kappa shape index (κ3) is 4.85. The topological polar surface area (TPSA) is 75.3 Å². The molecular formula is C20H26N2O3S. The van der Waals surface area contributed by atoms with Gasteiger partial charge in [0.25, 0.3) is 15.9 Å². The first kappa shape index (κ1) is 20.0. The Balaban J connectivity index is 2.30. The van der Waals surface area contributed by atoms with Gasteiger partial charge >= 0.3 is 0 Å². The molecule has 26 heavy (non-hydrogen) atoms. The summed E-state index contributed by atoms with van der Waals surface area (Å²) in [6, 6.07) is 11.8. The molecule has 0 spiro atoms. The van der Waals surface area contributed by atoms with E-state index in [1.165, 1.54) is 6.07 Å². The van der Waals surface area contributed by atoms with Crippen LogP contribution in [0.15, 0.2) is 47.4 Å². The lowest BCUT2D eigenvalue weighted by atomic mass is 10.1. The van der Waals surface area contributed by atoms with Crippen LogP contribution in [0.4, 0.5) is 5.69 Å². The molecule has 0 aromatic heterocycles. The summed E-state index contributed by atoms with van der Waals surface area (Å²) in [6.45, 7) is 9.60. The summed E-state index contributed by atoms with van der Waals surface area (Å²) in [6.07, 6.45) is 0. The summed E-state index contributed by atoms with van der Waals surface area (Å²) in [5, 5.41) is 2.90. The van der Waals surface area contributed by atoms with E-state index in [-0.39, 0.29) is 22.8 Å². The summed E-state index contributed by atoms with van der Waals surface area (Å²) in [4.78, 5) is 12.5. The number of sulfonamides is 1. The fourth-order valence-corrected chi connectivity index (χ4v) is 3.65. The van der Waals surface area contributed by atoms with Crippen molar-refractivity contribution in [2.75, 3.05) is 4.72 Å². The van der Waals surface area contributed by atoms with Gasteiger partial charge in [0.05, 0.1) is 4.90 Å². The summed E-state index contributed by atoms with van der Waals surface area (Å²) < 4.78 is 28.1. The van der Waals surface area contributed by atoms with E-state index in [1.54, 1.807) is 31.2 Å².